The molecule has 0 unspecified atom stereocenters. The van der Waals surface area contributed by atoms with E-state index in [1.807, 2.05) is 13.0 Å². The van der Waals surface area contributed by atoms with E-state index in [4.69, 9.17) is 34.8 Å². The van der Waals surface area contributed by atoms with Gasteiger partial charge in [0.25, 0.3) is 0 Å². The van der Waals surface area contributed by atoms with Gasteiger partial charge in [0, 0.05) is 26.7 Å². The minimum Gasteiger partial charge on any atom is -0.480 e. The summed E-state index contributed by atoms with van der Waals surface area (Å²) in [6.45, 7) is 1.70. The van der Waals surface area contributed by atoms with E-state index in [1.54, 1.807) is 29.0 Å². The van der Waals surface area contributed by atoms with Gasteiger partial charge in [-0.2, -0.15) is 0 Å². The molecular formula is C16H11Cl3N2O2S. The van der Waals surface area contributed by atoms with Gasteiger partial charge >= 0.3 is 5.97 Å². The summed E-state index contributed by atoms with van der Waals surface area (Å²) in [6, 6.07) is 6.99. The first kappa shape index (κ1) is 17.4. The van der Waals surface area contributed by atoms with E-state index in [1.165, 1.54) is 11.8 Å². The summed E-state index contributed by atoms with van der Waals surface area (Å²) in [7, 11) is 0. The second-order valence-corrected chi connectivity index (χ2v) is 7.32. The van der Waals surface area contributed by atoms with Gasteiger partial charge in [0.05, 0.1) is 15.9 Å². The predicted molar refractivity (Wildman–Crippen MR) is 97.7 cm³/mol. The fourth-order valence-corrected chi connectivity index (χ4v) is 4.38. The zero-order valence-corrected chi connectivity index (χ0v) is 15.5. The van der Waals surface area contributed by atoms with Gasteiger partial charge < -0.3 is 9.67 Å². The summed E-state index contributed by atoms with van der Waals surface area (Å²) in [4.78, 5) is 16.9. The van der Waals surface area contributed by atoms with Crippen molar-refractivity contribution in [1.82, 2.24) is 9.55 Å². The summed E-state index contributed by atoms with van der Waals surface area (Å²) in [6.07, 6.45) is 1.56. The third-order valence-corrected chi connectivity index (χ3v) is 5.76. The van der Waals surface area contributed by atoms with E-state index in [2.05, 4.69) is 4.98 Å². The normalized spacial score (nSPS) is 11.2. The van der Waals surface area contributed by atoms with Gasteiger partial charge in [-0.25, -0.2) is 4.98 Å². The lowest BCUT2D eigenvalue weighted by atomic mass is 10.3. The molecule has 24 heavy (non-hydrogen) atoms. The number of rotatable bonds is 4. The first-order chi connectivity index (χ1) is 11.4. The average Bonchev–Trinajstić information content (AvgIpc) is 2.76. The molecule has 1 aromatic carbocycles. The molecule has 0 atom stereocenters. The molecule has 1 N–H and O–H groups in total. The van der Waals surface area contributed by atoms with Crippen LogP contribution in [0.3, 0.4) is 0 Å². The number of fused-ring (bicyclic) bond motifs is 1. The summed E-state index contributed by atoms with van der Waals surface area (Å²) in [5.41, 5.74) is 1.51. The van der Waals surface area contributed by atoms with Crippen LogP contribution in [0.5, 0.6) is 0 Å². The maximum Gasteiger partial charge on any atom is 0.323 e. The highest BCUT2D eigenvalue weighted by Crippen LogP contribution is 2.43. The van der Waals surface area contributed by atoms with Crippen molar-refractivity contribution in [1.29, 1.82) is 0 Å². The lowest BCUT2D eigenvalue weighted by Gasteiger charge is -2.07. The number of carboxylic acids is 1. The Labute approximate surface area is 157 Å². The maximum atomic E-state index is 11.2. The fraction of sp³-hybridized carbons (Fsp3) is 0.125. The maximum absolute atomic E-state index is 11.2. The first-order valence-corrected chi connectivity index (χ1v) is 8.81. The van der Waals surface area contributed by atoms with Crippen LogP contribution in [0.4, 0.5) is 0 Å². The zero-order valence-electron chi connectivity index (χ0n) is 12.4. The molecule has 8 heteroatoms. The van der Waals surface area contributed by atoms with Crippen LogP contribution in [-0.2, 0) is 11.3 Å². The predicted octanol–water partition coefficient (Wildman–Crippen LogP) is 5.54. The SMILES string of the molecule is Cc1c(Sc2ccc(Cl)cc2Cl)c2c(Cl)nccc2n1CC(=O)O. The second-order valence-electron chi connectivity index (χ2n) is 5.07. The van der Waals surface area contributed by atoms with Crippen molar-refractivity contribution >= 4 is 63.4 Å². The molecule has 3 aromatic rings. The molecule has 2 heterocycles. The van der Waals surface area contributed by atoms with Crippen LogP contribution in [0.15, 0.2) is 40.3 Å². The molecule has 0 aliphatic carbocycles. The van der Waals surface area contributed by atoms with Gasteiger partial charge in [-0.15, -0.1) is 0 Å². The molecule has 0 saturated heterocycles. The Kier molecular flexibility index (Phi) is 4.97. The third-order valence-electron chi connectivity index (χ3n) is 3.53. The van der Waals surface area contributed by atoms with Crippen LogP contribution in [0.2, 0.25) is 15.2 Å². The number of carbonyl (C=O) groups is 1. The molecule has 0 saturated carbocycles. The van der Waals surface area contributed by atoms with Gasteiger partial charge in [0.15, 0.2) is 0 Å². The number of halogens is 3. The van der Waals surface area contributed by atoms with Gasteiger partial charge in [-0.05, 0) is 31.2 Å². The molecule has 4 nitrogen and oxygen atoms in total. The number of pyridine rings is 1. The zero-order chi connectivity index (χ0) is 17.4. The van der Waals surface area contributed by atoms with E-state index >= 15 is 0 Å². The number of hydrogen-bond donors (Lipinski definition) is 1. The summed E-state index contributed by atoms with van der Waals surface area (Å²) >= 11 is 19.9. The smallest absolute Gasteiger partial charge is 0.323 e. The molecule has 0 aliphatic heterocycles. The van der Waals surface area contributed by atoms with Crippen molar-refractivity contribution in [3.8, 4) is 0 Å². The van der Waals surface area contributed by atoms with Crippen LogP contribution in [0.25, 0.3) is 10.9 Å². The van der Waals surface area contributed by atoms with Gasteiger partial charge in [0.2, 0.25) is 0 Å². The van der Waals surface area contributed by atoms with Gasteiger partial charge in [-0.3, -0.25) is 4.79 Å². The lowest BCUT2D eigenvalue weighted by molar-refractivity contribution is -0.137. The highest BCUT2D eigenvalue weighted by atomic mass is 35.5. The lowest BCUT2D eigenvalue weighted by Crippen LogP contribution is -2.09. The van der Waals surface area contributed by atoms with Crippen LogP contribution in [0, 0.1) is 6.92 Å². The highest BCUT2D eigenvalue weighted by molar-refractivity contribution is 7.99. The third kappa shape index (κ3) is 3.22. The number of aliphatic carboxylic acids is 1. The fourth-order valence-electron chi connectivity index (χ4n) is 2.48. The van der Waals surface area contributed by atoms with Crippen LogP contribution >= 0.6 is 46.6 Å². The standard InChI is InChI=1S/C16H11Cl3N2O2S/c1-8-15(24-12-3-2-9(17)6-10(12)18)14-11(4-5-20-16(14)19)21(8)7-13(22)23/h2-6H,7H2,1H3,(H,22,23). The second kappa shape index (κ2) is 6.84. The Morgan fingerprint density at radius 1 is 1.29 bits per heavy atom. The molecular weight excluding hydrogens is 391 g/mol. The number of benzene rings is 1. The van der Waals surface area contributed by atoms with Crippen molar-refractivity contribution in [2.24, 2.45) is 0 Å². The molecule has 0 radical (unpaired) electrons. The van der Waals surface area contributed by atoms with Crippen molar-refractivity contribution in [3.63, 3.8) is 0 Å². The van der Waals surface area contributed by atoms with Crippen molar-refractivity contribution in [3.05, 3.63) is 51.4 Å². The van der Waals surface area contributed by atoms with Crippen LogP contribution in [0.1, 0.15) is 5.69 Å². The largest absolute Gasteiger partial charge is 0.480 e. The molecule has 3 rings (SSSR count). The van der Waals surface area contributed by atoms with E-state index < -0.39 is 5.97 Å². The van der Waals surface area contributed by atoms with Crippen molar-refractivity contribution in [2.45, 2.75) is 23.3 Å². The summed E-state index contributed by atoms with van der Waals surface area (Å²) < 4.78 is 1.71. The van der Waals surface area contributed by atoms with E-state index in [0.717, 1.165) is 21.0 Å². The van der Waals surface area contributed by atoms with Gasteiger partial charge in [0.1, 0.15) is 11.7 Å². The van der Waals surface area contributed by atoms with Crippen molar-refractivity contribution in [2.75, 3.05) is 0 Å². The number of aromatic nitrogens is 2. The number of carboxylic acid groups (broad SMARTS) is 1. The minimum atomic E-state index is -0.927. The van der Waals surface area contributed by atoms with Gasteiger partial charge in [-0.1, -0.05) is 46.6 Å². The minimum absolute atomic E-state index is 0.155. The van der Waals surface area contributed by atoms with E-state index in [-0.39, 0.29) is 6.54 Å². The van der Waals surface area contributed by atoms with Crippen molar-refractivity contribution < 1.29 is 9.90 Å². The topological polar surface area (TPSA) is 55.1 Å². The number of hydrogen-bond acceptors (Lipinski definition) is 3. The average molecular weight is 402 g/mol. The summed E-state index contributed by atoms with van der Waals surface area (Å²) in [5, 5.41) is 11.3. The Bertz CT molecular complexity index is 956. The molecule has 2 aromatic heterocycles. The highest BCUT2D eigenvalue weighted by Gasteiger charge is 2.20. The van der Waals surface area contributed by atoms with E-state index in [9.17, 15) is 9.90 Å². The monoisotopic (exact) mass is 400 g/mol. The van der Waals surface area contributed by atoms with Crippen LogP contribution in [-0.4, -0.2) is 20.6 Å². The Hall–Kier alpha value is -1.40. The molecule has 0 bridgehead atoms. The summed E-state index contributed by atoms with van der Waals surface area (Å²) in [5.74, 6) is -0.927. The molecule has 0 fully saturated rings. The molecule has 0 aliphatic rings. The van der Waals surface area contributed by atoms with Crippen LogP contribution < -0.4 is 0 Å². The molecule has 0 amide bonds. The molecule has 124 valence electrons. The number of nitrogens with zero attached hydrogens (tertiary/aromatic N) is 2. The Morgan fingerprint density at radius 3 is 2.71 bits per heavy atom. The Morgan fingerprint density at radius 2 is 2.04 bits per heavy atom. The molecule has 0 spiro atoms. The van der Waals surface area contributed by atoms with E-state index in [0.29, 0.717) is 20.6 Å². The first-order valence-electron chi connectivity index (χ1n) is 6.86. The quantitative estimate of drug-likeness (QED) is 0.583. The Balaban J connectivity index is 2.20.